The highest BCUT2D eigenvalue weighted by molar-refractivity contribution is 7.30. The van der Waals surface area contributed by atoms with Crippen molar-refractivity contribution in [3.63, 3.8) is 0 Å². The van der Waals surface area contributed by atoms with E-state index in [0.717, 1.165) is 29.5 Å². The third-order valence-corrected chi connectivity index (χ3v) is 6.05. The molecule has 0 aromatic heterocycles. The van der Waals surface area contributed by atoms with Gasteiger partial charge >= 0.3 is 5.97 Å². The zero-order chi connectivity index (χ0) is 22.4. The summed E-state index contributed by atoms with van der Waals surface area (Å²) < 4.78 is 17.9. The zero-order valence-electron chi connectivity index (χ0n) is 19.3. The molecule has 0 saturated heterocycles. The second-order valence-corrected chi connectivity index (χ2v) is 10.6. The number of esters is 1. The smallest absolute Gasteiger partial charge is 0.331 e. The fourth-order valence-corrected chi connectivity index (χ4v) is 4.64. The largest absolute Gasteiger partial charge is 0.464 e. The van der Waals surface area contributed by atoms with Crippen LogP contribution in [-0.2, 0) is 14.1 Å². The minimum absolute atomic E-state index is 0.119. The van der Waals surface area contributed by atoms with Crippen molar-refractivity contribution in [2.24, 2.45) is 11.3 Å². The van der Waals surface area contributed by atoms with Gasteiger partial charge in [0.1, 0.15) is 0 Å². The predicted octanol–water partition coefficient (Wildman–Crippen LogP) is 6.63. The molecule has 0 radical (unpaired) electrons. The van der Waals surface area contributed by atoms with Gasteiger partial charge in [-0.1, -0.05) is 65.2 Å². The second-order valence-electron chi connectivity index (χ2n) is 9.63. The fourth-order valence-electron chi connectivity index (χ4n) is 4.05. The molecule has 4 nitrogen and oxygen atoms in total. The minimum Gasteiger partial charge on any atom is -0.464 e. The van der Waals surface area contributed by atoms with Crippen molar-refractivity contribution in [1.29, 1.82) is 0 Å². The highest BCUT2D eigenvalue weighted by atomic mass is 31.1. The van der Waals surface area contributed by atoms with Crippen molar-refractivity contribution in [3.05, 3.63) is 34.4 Å². The van der Waals surface area contributed by atoms with Gasteiger partial charge in [0.25, 0.3) is 0 Å². The number of aryl methyl sites for hydroxylation is 3. The summed E-state index contributed by atoms with van der Waals surface area (Å²) in [6.45, 7) is 16.3. The monoisotopic (exact) mass is 420 g/mol. The first-order valence-electron chi connectivity index (χ1n) is 10.5. The van der Waals surface area contributed by atoms with Crippen LogP contribution in [0, 0.1) is 32.1 Å². The maximum atomic E-state index is 13.6. The van der Waals surface area contributed by atoms with E-state index in [1.54, 1.807) is 0 Å². The van der Waals surface area contributed by atoms with Gasteiger partial charge in [-0.3, -0.25) is 14.2 Å². The summed E-state index contributed by atoms with van der Waals surface area (Å²) >= 11 is 0. The fraction of sp³-hybridized carbons (Fsp3) is 0.667. The van der Waals surface area contributed by atoms with E-state index in [-0.39, 0.29) is 24.4 Å². The molecule has 0 amide bonds. The van der Waals surface area contributed by atoms with Crippen LogP contribution in [0.4, 0.5) is 0 Å². The average Bonchev–Trinajstić information content (AvgIpc) is 2.58. The number of benzene rings is 1. The average molecular weight is 421 g/mol. The Hall–Kier alpha value is -1.54. The van der Waals surface area contributed by atoms with Crippen LogP contribution < -0.4 is 0 Å². The summed E-state index contributed by atoms with van der Waals surface area (Å²) in [4.78, 5) is 26.7. The Balaban J connectivity index is 3.23. The Labute approximate surface area is 178 Å². The number of carbonyl (C=O) groups excluding carboxylic acids is 2. The molecule has 0 bridgehead atoms. The Kier molecular flexibility index (Phi) is 9.21. The van der Waals surface area contributed by atoms with E-state index in [1.807, 2.05) is 46.8 Å². The number of unbranched alkanes of at least 4 members (excludes halogenated alkanes) is 1. The van der Waals surface area contributed by atoms with E-state index in [9.17, 15) is 14.2 Å². The van der Waals surface area contributed by atoms with Gasteiger partial charge in [-0.2, -0.15) is 0 Å². The summed E-state index contributed by atoms with van der Waals surface area (Å²) in [6, 6.07) is 3.84. The van der Waals surface area contributed by atoms with Crippen molar-refractivity contribution in [3.8, 4) is 0 Å². The van der Waals surface area contributed by atoms with E-state index >= 15 is 0 Å². The molecular formula is C24H37O4P. The van der Waals surface area contributed by atoms with Gasteiger partial charge in [-0.05, 0) is 56.1 Å². The van der Waals surface area contributed by atoms with Crippen molar-refractivity contribution >= 4 is 20.2 Å². The summed E-state index contributed by atoms with van der Waals surface area (Å²) in [5.41, 5.74) is 3.24. The molecule has 1 aromatic carbocycles. The summed E-state index contributed by atoms with van der Waals surface area (Å²) in [7, 11) is -0.498. The maximum Gasteiger partial charge on any atom is 0.331 e. The molecule has 2 atom stereocenters. The third-order valence-electron chi connectivity index (χ3n) is 5.13. The van der Waals surface area contributed by atoms with Crippen LogP contribution in [0.5, 0.6) is 0 Å². The number of ether oxygens (including phenoxy) is 1. The van der Waals surface area contributed by atoms with Gasteiger partial charge in [-0.25, -0.2) is 0 Å². The molecule has 29 heavy (non-hydrogen) atoms. The van der Waals surface area contributed by atoms with Gasteiger partial charge in [-0.15, -0.1) is 0 Å². The number of ketones is 1. The molecule has 0 spiro atoms. The number of carbonyl (C=O) groups is 2. The van der Waals surface area contributed by atoms with Crippen LogP contribution in [0.15, 0.2) is 12.1 Å². The van der Waals surface area contributed by atoms with Crippen molar-refractivity contribution in [2.75, 3.05) is 6.61 Å². The van der Waals surface area contributed by atoms with Crippen molar-refractivity contribution in [1.82, 2.24) is 0 Å². The predicted molar refractivity (Wildman–Crippen MR) is 119 cm³/mol. The second kappa shape index (κ2) is 10.5. The molecule has 0 fully saturated rings. The molecule has 5 heteroatoms. The maximum absolute atomic E-state index is 13.6. The topological polar surface area (TPSA) is 60.4 Å². The molecule has 0 aliphatic heterocycles. The van der Waals surface area contributed by atoms with Crippen LogP contribution in [-0.4, -0.2) is 23.5 Å². The minimum atomic E-state index is -1.68. The molecule has 2 unspecified atom stereocenters. The molecule has 0 aliphatic rings. The lowest BCUT2D eigenvalue weighted by Crippen LogP contribution is -2.44. The van der Waals surface area contributed by atoms with Crippen LogP contribution in [0.2, 0.25) is 0 Å². The van der Waals surface area contributed by atoms with E-state index in [4.69, 9.17) is 4.74 Å². The highest BCUT2D eigenvalue weighted by Gasteiger charge is 2.49. The van der Waals surface area contributed by atoms with Gasteiger partial charge in [0, 0.05) is 5.56 Å². The SMILES string of the molecule is CCCCC(P=O)(C(=O)OCC(C)CC(C)(C)C)C(=O)c1c(C)cc(C)cc1C. The molecule has 0 N–H and O–H groups in total. The van der Waals surface area contributed by atoms with E-state index in [1.165, 1.54) is 0 Å². The molecular weight excluding hydrogens is 383 g/mol. The van der Waals surface area contributed by atoms with E-state index in [2.05, 4.69) is 20.8 Å². The molecule has 0 saturated carbocycles. The summed E-state index contributed by atoms with van der Waals surface area (Å²) in [5, 5.41) is -1.68. The quantitative estimate of drug-likeness (QED) is 0.184. The number of Topliss-reactive ketones (excluding diaryl/α,β-unsaturated/α-hetero) is 1. The third kappa shape index (κ3) is 6.74. The van der Waals surface area contributed by atoms with Crippen molar-refractivity contribution < 1.29 is 18.9 Å². The normalized spacial score (nSPS) is 15.0. The zero-order valence-corrected chi connectivity index (χ0v) is 20.2. The Bertz CT molecular complexity index is 725. The Morgan fingerprint density at radius 3 is 2.10 bits per heavy atom. The lowest BCUT2D eigenvalue weighted by atomic mass is 9.85. The summed E-state index contributed by atoms with van der Waals surface area (Å²) in [6.07, 6.45) is 2.52. The molecule has 1 aromatic rings. The Morgan fingerprint density at radius 2 is 1.66 bits per heavy atom. The van der Waals surface area contributed by atoms with Gasteiger partial charge in [0.05, 0.1) is 6.61 Å². The first kappa shape index (κ1) is 25.5. The number of rotatable bonds is 10. The van der Waals surface area contributed by atoms with Crippen LogP contribution in [0.1, 0.15) is 87.4 Å². The summed E-state index contributed by atoms with van der Waals surface area (Å²) in [5.74, 6) is -0.914. The lowest BCUT2D eigenvalue weighted by Gasteiger charge is -2.27. The van der Waals surface area contributed by atoms with Crippen molar-refractivity contribution in [2.45, 2.75) is 86.2 Å². The molecule has 162 valence electrons. The van der Waals surface area contributed by atoms with Crippen LogP contribution in [0.3, 0.4) is 0 Å². The first-order valence-corrected chi connectivity index (χ1v) is 11.3. The number of hydrogen-bond acceptors (Lipinski definition) is 4. The van der Waals surface area contributed by atoms with Gasteiger partial charge in [0.15, 0.2) is 14.2 Å². The molecule has 0 aliphatic carbocycles. The van der Waals surface area contributed by atoms with Crippen LogP contribution >= 0.6 is 8.46 Å². The molecule has 1 rings (SSSR count). The first-order chi connectivity index (χ1) is 13.4. The Morgan fingerprint density at radius 1 is 1.10 bits per heavy atom. The van der Waals surface area contributed by atoms with Gasteiger partial charge in [0.2, 0.25) is 5.16 Å². The number of hydrogen-bond donors (Lipinski definition) is 0. The van der Waals surface area contributed by atoms with Gasteiger partial charge < -0.3 is 4.74 Å². The molecule has 0 heterocycles. The standard InChI is InChI=1S/C24H37O4P/c1-9-10-11-24(29-27,22(26)28-15-17(3)14-23(6,7)8)21(25)20-18(4)12-16(2)13-19(20)5/h12-13,17H,9-11,14-15H2,1-8H3. The van der Waals surface area contributed by atoms with Crippen LogP contribution in [0.25, 0.3) is 0 Å². The lowest BCUT2D eigenvalue weighted by molar-refractivity contribution is -0.147. The highest BCUT2D eigenvalue weighted by Crippen LogP contribution is 2.37. The van der Waals surface area contributed by atoms with E-state index in [0.29, 0.717) is 12.0 Å². The van der Waals surface area contributed by atoms with E-state index < -0.39 is 25.4 Å².